The van der Waals surface area contributed by atoms with Gasteiger partial charge in [-0.3, -0.25) is 14.4 Å². The summed E-state index contributed by atoms with van der Waals surface area (Å²) in [5.74, 6) is -0.660. The van der Waals surface area contributed by atoms with Crippen molar-refractivity contribution in [3.63, 3.8) is 0 Å². The zero-order valence-corrected chi connectivity index (χ0v) is 12.2. The smallest absolute Gasteiger partial charge is 0.310 e. The molecule has 1 aromatic rings. The molecule has 0 spiro atoms. The summed E-state index contributed by atoms with van der Waals surface area (Å²) < 4.78 is 1.82. The Balaban J connectivity index is 2.17. The van der Waals surface area contributed by atoms with E-state index in [0.717, 1.165) is 18.7 Å². The first-order valence-corrected chi connectivity index (χ1v) is 6.87. The van der Waals surface area contributed by atoms with Crippen LogP contribution in [0.2, 0.25) is 0 Å². The topological polar surface area (TPSA) is 58.4 Å². The molecule has 1 aliphatic rings. The highest BCUT2D eigenvalue weighted by molar-refractivity contribution is 5.75. The van der Waals surface area contributed by atoms with Crippen molar-refractivity contribution >= 4 is 5.97 Å². The maximum absolute atomic E-state index is 11.5. The molecule has 5 heteroatoms. The van der Waals surface area contributed by atoms with E-state index in [4.69, 9.17) is 0 Å². The summed E-state index contributed by atoms with van der Waals surface area (Å²) in [6.07, 6.45) is 3.47. The third kappa shape index (κ3) is 2.39. The number of nitrogens with zero attached hydrogens (tertiary/aromatic N) is 3. The van der Waals surface area contributed by atoms with E-state index < -0.39 is 11.4 Å². The van der Waals surface area contributed by atoms with E-state index in [-0.39, 0.29) is 6.04 Å². The molecule has 2 atom stereocenters. The first kappa shape index (κ1) is 14.1. The number of rotatable bonds is 4. The SMILES string of the molecule is CCC1(C(=O)O)CCN(C(C)c2cn(C)nc2C)C1. The predicted octanol–water partition coefficient (Wildman–Crippen LogP) is 1.98. The van der Waals surface area contributed by atoms with Gasteiger partial charge in [-0.05, 0) is 33.2 Å². The van der Waals surface area contributed by atoms with Crippen molar-refractivity contribution in [1.29, 1.82) is 0 Å². The Morgan fingerprint density at radius 3 is 2.74 bits per heavy atom. The van der Waals surface area contributed by atoms with Crippen molar-refractivity contribution in [2.24, 2.45) is 12.5 Å². The monoisotopic (exact) mass is 265 g/mol. The number of likely N-dealkylation sites (tertiary alicyclic amines) is 1. The van der Waals surface area contributed by atoms with Crippen molar-refractivity contribution < 1.29 is 9.90 Å². The minimum absolute atomic E-state index is 0.224. The molecule has 106 valence electrons. The molecular weight excluding hydrogens is 242 g/mol. The lowest BCUT2D eigenvalue weighted by atomic mass is 9.84. The number of hydrogen-bond donors (Lipinski definition) is 1. The fourth-order valence-electron chi connectivity index (χ4n) is 3.07. The largest absolute Gasteiger partial charge is 0.481 e. The zero-order chi connectivity index (χ0) is 14.2. The van der Waals surface area contributed by atoms with Gasteiger partial charge in [0.2, 0.25) is 0 Å². The van der Waals surface area contributed by atoms with Crippen molar-refractivity contribution in [2.45, 2.75) is 39.7 Å². The van der Waals surface area contributed by atoms with Crippen molar-refractivity contribution in [2.75, 3.05) is 13.1 Å². The lowest BCUT2D eigenvalue weighted by Gasteiger charge is -2.27. The average Bonchev–Trinajstić information content (AvgIpc) is 2.93. The number of aliphatic carboxylic acids is 1. The van der Waals surface area contributed by atoms with E-state index in [9.17, 15) is 9.90 Å². The Morgan fingerprint density at radius 2 is 2.32 bits per heavy atom. The molecule has 2 rings (SSSR count). The first-order valence-electron chi connectivity index (χ1n) is 6.87. The quantitative estimate of drug-likeness (QED) is 0.904. The molecule has 19 heavy (non-hydrogen) atoms. The number of carbonyl (C=O) groups is 1. The van der Waals surface area contributed by atoms with Crippen LogP contribution in [0.15, 0.2) is 6.20 Å². The molecule has 1 fully saturated rings. The van der Waals surface area contributed by atoms with Crippen LogP contribution in [-0.4, -0.2) is 38.8 Å². The van der Waals surface area contributed by atoms with Crippen LogP contribution in [0.4, 0.5) is 0 Å². The normalized spacial score (nSPS) is 25.7. The molecule has 0 aliphatic carbocycles. The van der Waals surface area contributed by atoms with Gasteiger partial charge in [0.25, 0.3) is 0 Å². The molecule has 0 aromatic carbocycles. The summed E-state index contributed by atoms with van der Waals surface area (Å²) in [7, 11) is 1.92. The van der Waals surface area contributed by atoms with Crippen LogP contribution in [-0.2, 0) is 11.8 Å². The molecule has 1 N–H and O–H groups in total. The highest BCUT2D eigenvalue weighted by atomic mass is 16.4. The molecule has 0 bridgehead atoms. The Hall–Kier alpha value is -1.36. The van der Waals surface area contributed by atoms with Crippen LogP contribution in [0.3, 0.4) is 0 Å². The number of carboxylic acid groups (broad SMARTS) is 1. The Bertz CT molecular complexity index is 483. The van der Waals surface area contributed by atoms with E-state index in [1.54, 1.807) is 0 Å². The van der Waals surface area contributed by atoms with E-state index >= 15 is 0 Å². The standard InChI is InChI=1S/C14H23N3O2/c1-5-14(13(18)19)6-7-17(9-14)11(3)12-8-16(4)15-10(12)2/h8,11H,5-7,9H2,1-4H3,(H,18,19). The Morgan fingerprint density at radius 1 is 1.63 bits per heavy atom. The van der Waals surface area contributed by atoms with Crippen LogP contribution in [0.5, 0.6) is 0 Å². The van der Waals surface area contributed by atoms with Crippen molar-refractivity contribution in [1.82, 2.24) is 14.7 Å². The molecule has 0 saturated carbocycles. The summed E-state index contributed by atoms with van der Waals surface area (Å²) in [5.41, 5.74) is 1.66. The highest BCUT2D eigenvalue weighted by Gasteiger charge is 2.44. The zero-order valence-electron chi connectivity index (χ0n) is 12.2. The van der Waals surface area contributed by atoms with E-state index in [1.165, 1.54) is 5.56 Å². The van der Waals surface area contributed by atoms with Gasteiger partial charge < -0.3 is 5.11 Å². The summed E-state index contributed by atoms with van der Waals surface area (Å²) in [6.45, 7) is 7.59. The summed E-state index contributed by atoms with van der Waals surface area (Å²) >= 11 is 0. The van der Waals surface area contributed by atoms with Gasteiger partial charge in [0.1, 0.15) is 0 Å². The van der Waals surface area contributed by atoms with Crippen LogP contribution < -0.4 is 0 Å². The van der Waals surface area contributed by atoms with Gasteiger partial charge in [0.05, 0.1) is 11.1 Å². The summed E-state index contributed by atoms with van der Waals surface area (Å²) in [4.78, 5) is 13.8. The van der Waals surface area contributed by atoms with Crippen LogP contribution in [0.25, 0.3) is 0 Å². The second-order valence-electron chi connectivity index (χ2n) is 5.68. The average molecular weight is 265 g/mol. The van der Waals surface area contributed by atoms with Gasteiger partial charge in [-0.2, -0.15) is 5.10 Å². The van der Waals surface area contributed by atoms with Crippen LogP contribution >= 0.6 is 0 Å². The number of aryl methyl sites for hydroxylation is 2. The Kier molecular flexibility index (Phi) is 3.67. The molecule has 1 aliphatic heterocycles. The Labute approximate surface area is 114 Å². The van der Waals surface area contributed by atoms with Crippen molar-refractivity contribution in [3.05, 3.63) is 17.5 Å². The molecular formula is C14H23N3O2. The van der Waals surface area contributed by atoms with Gasteiger partial charge >= 0.3 is 5.97 Å². The maximum atomic E-state index is 11.5. The number of carboxylic acids is 1. The van der Waals surface area contributed by atoms with E-state index in [2.05, 4.69) is 16.9 Å². The van der Waals surface area contributed by atoms with E-state index in [0.29, 0.717) is 13.0 Å². The van der Waals surface area contributed by atoms with Gasteiger partial charge in [0, 0.05) is 31.4 Å². The fourth-order valence-corrected chi connectivity index (χ4v) is 3.07. The van der Waals surface area contributed by atoms with Crippen molar-refractivity contribution in [3.8, 4) is 0 Å². The molecule has 0 amide bonds. The summed E-state index contributed by atoms with van der Waals surface area (Å²) in [6, 6.07) is 0.224. The second kappa shape index (κ2) is 4.96. The molecule has 1 saturated heterocycles. The number of hydrogen-bond acceptors (Lipinski definition) is 3. The summed E-state index contributed by atoms with van der Waals surface area (Å²) in [5, 5.41) is 13.8. The van der Waals surface area contributed by atoms with Gasteiger partial charge in [-0.15, -0.1) is 0 Å². The van der Waals surface area contributed by atoms with Gasteiger partial charge in [0.15, 0.2) is 0 Å². The molecule has 2 unspecified atom stereocenters. The third-order valence-electron chi connectivity index (χ3n) is 4.56. The minimum Gasteiger partial charge on any atom is -0.481 e. The maximum Gasteiger partial charge on any atom is 0.310 e. The van der Waals surface area contributed by atoms with Gasteiger partial charge in [-0.1, -0.05) is 6.92 Å². The first-order chi connectivity index (χ1) is 8.89. The minimum atomic E-state index is -0.660. The number of aromatic nitrogens is 2. The predicted molar refractivity (Wildman–Crippen MR) is 72.9 cm³/mol. The molecule has 2 heterocycles. The molecule has 5 nitrogen and oxygen atoms in total. The molecule has 0 radical (unpaired) electrons. The highest BCUT2D eigenvalue weighted by Crippen LogP contribution is 2.38. The lowest BCUT2D eigenvalue weighted by Crippen LogP contribution is -2.35. The lowest BCUT2D eigenvalue weighted by molar-refractivity contribution is -0.148. The van der Waals surface area contributed by atoms with Gasteiger partial charge in [-0.25, -0.2) is 0 Å². The molecule has 1 aromatic heterocycles. The van der Waals surface area contributed by atoms with E-state index in [1.807, 2.05) is 31.8 Å². The van der Waals surface area contributed by atoms with Crippen LogP contribution in [0.1, 0.15) is 44.0 Å². The fraction of sp³-hybridized carbons (Fsp3) is 0.714. The third-order valence-corrected chi connectivity index (χ3v) is 4.56. The van der Waals surface area contributed by atoms with Crippen LogP contribution in [0, 0.1) is 12.3 Å². The second-order valence-corrected chi connectivity index (χ2v) is 5.68.